The molecule has 0 atom stereocenters. The highest BCUT2D eigenvalue weighted by Crippen LogP contribution is 2.24. The molecule has 2 heterocycles. The van der Waals surface area contributed by atoms with Gasteiger partial charge in [0.2, 0.25) is 0 Å². The number of fused-ring (bicyclic) bond motifs is 1. The Morgan fingerprint density at radius 3 is 2.56 bits per heavy atom. The molecule has 0 unspecified atom stereocenters. The van der Waals surface area contributed by atoms with Gasteiger partial charge in [0.05, 0.1) is 19.4 Å². The average Bonchev–Trinajstić information content (AvgIpc) is 3.35. The van der Waals surface area contributed by atoms with E-state index in [2.05, 4.69) is 15.5 Å². The normalized spacial score (nSPS) is 11.0. The van der Waals surface area contributed by atoms with Crippen molar-refractivity contribution in [1.29, 1.82) is 0 Å². The summed E-state index contributed by atoms with van der Waals surface area (Å²) in [5, 5.41) is 12.7. The minimum Gasteiger partial charge on any atom is -0.497 e. The van der Waals surface area contributed by atoms with Crippen molar-refractivity contribution in [3.05, 3.63) is 71.7 Å². The second-order valence-electron chi connectivity index (χ2n) is 7.25. The maximum Gasteiger partial charge on any atom is 0.251 e. The highest BCUT2D eigenvalue weighted by Gasteiger charge is 2.17. The maximum absolute atomic E-state index is 12.8. The van der Waals surface area contributed by atoms with Gasteiger partial charge < -0.3 is 19.2 Å². The van der Waals surface area contributed by atoms with E-state index >= 15 is 0 Å². The number of carbonyl (C=O) groups excluding carboxylic acids is 2. The van der Waals surface area contributed by atoms with Crippen LogP contribution < -0.4 is 10.1 Å². The number of Topliss-reactive ketones (excluding diaryl/α,β-unsaturated/α-hetero) is 1. The van der Waals surface area contributed by atoms with Crippen LogP contribution in [0.4, 0.5) is 0 Å². The Hall–Kier alpha value is -3.59. The van der Waals surface area contributed by atoms with Crippen LogP contribution in [0.1, 0.15) is 26.5 Å². The van der Waals surface area contributed by atoms with Gasteiger partial charge >= 0.3 is 0 Å². The molecule has 4 rings (SSSR count). The molecule has 0 saturated heterocycles. The number of hydrogen-bond acceptors (Lipinski definition) is 6. The monoisotopic (exact) mass is 449 g/mol. The van der Waals surface area contributed by atoms with E-state index in [1.807, 2.05) is 49.1 Å². The zero-order chi connectivity index (χ0) is 22.7. The number of benzene rings is 2. The topological polar surface area (TPSA) is 91.0 Å². The van der Waals surface area contributed by atoms with Crippen LogP contribution in [0, 0.1) is 0 Å². The summed E-state index contributed by atoms with van der Waals surface area (Å²) >= 11 is 1.33. The van der Waals surface area contributed by atoms with Crippen molar-refractivity contribution < 1.29 is 14.3 Å². The van der Waals surface area contributed by atoms with Crippen LogP contribution in [0.15, 0.2) is 59.9 Å². The van der Waals surface area contributed by atoms with Crippen LogP contribution in [0.3, 0.4) is 0 Å². The highest BCUT2D eigenvalue weighted by molar-refractivity contribution is 7.99. The number of aryl methyl sites for hydroxylation is 1. The number of methoxy groups -OCH3 is 1. The third kappa shape index (κ3) is 4.38. The number of thioether (sulfide) groups is 1. The lowest BCUT2D eigenvalue weighted by Gasteiger charge is -2.07. The van der Waals surface area contributed by atoms with Crippen LogP contribution >= 0.6 is 11.8 Å². The third-order valence-electron chi connectivity index (χ3n) is 5.21. The van der Waals surface area contributed by atoms with Gasteiger partial charge in [0, 0.05) is 42.3 Å². The fraction of sp³-hybridized carbons (Fsp3) is 0.217. The van der Waals surface area contributed by atoms with E-state index in [1.54, 1.807) is 35.9 Å². The van der Waals surface area contributed by atoms with Crippen LogP contribution in [0.5, 0.6) is 5.75 Å². The molecule has 8 nitrogen and oxygen atoms in total. The number of rotatable bonds is 8. The fourth-order valence-electron chi connectivity index (χ4n) is 3.40. The summed E-state index contributed by atoms with van der Waals surface area (Å²) in [4.78, 5) is 25.2. The van der Waals surface area contributed by atoms with Gasteiger partial charge in [-0.05, 0) is 30.3 Å². The van der Waals surface area contributed by atoms with E-state index in [4.69, 9.17) is 4.74 Å². The van der Waals surface area contributed by atoms with E-state index in [0.717, 1.165) is 10.9 Å². The fourth-order valence-corrected chi connectivity index (χ4v) is 4.21. The Morgan fingerprint density at radius 2 is 1.81 bits per heavy atom. The Bertz CT molecular complexity index is 1280. The number of carbonyl (C=O) groups is 2. The summed E-state index contributed by atoms with van der Waals surface area (Å²) < 4.78 is 8.85. The first kappa shape index (κ1) is 21.6. The first-order valence-corrected chi connectivity index (χ1v) is 11.0. The summed E-state index contributed by atoms with van der Waals surface area (Å²) in [6.07, 6.45) is 1.87. The zero-order valence-corrected chi connectivity index (χ0v) is 18.8. The van der Waals surface area contributed by atoms with Crippen molar-refractivity contribution in [3.8, 4) is 5.75 Å². The summed E-state index contributed by atoms with van der Waals surface area (Å²) in [7, 11) is 5.33. The Kier molecular flexibility index (Phi) is 6.27. The molecule has 0 aliphatic carbocycles. The van der Waals surface area contributed by atoms with Crippen LogP contribution in [0.25, 0.3) is 10.9 Å². The molecule has 9 heteroatoms. The number of para-hydroxylation sites is 1. The molecule has 0 saturated carbocycles. The Labute approximate surface area is 189 Å². The number of ether oxygens (including phenoxy) is 1. The highest BCUT2D eigenvalue weighted by atomic mass is 32.2. The predicted molar refractivity (Wildman–Crippen MR) is 123 cm³/mol. The second-order valence-corrected chi connectivity index (χ2v) is 8.19. The molecule has 0 aliphatic rings. The predicted octanol–water partition coefficient (Wildman–Crippen LogP) is 3.22. The minimum atomic E-state index is -0.212. The van der Waals surface area contributed by atoms with Crippen LogP contribution in [-0.4, -0.2) is 43.9 Å². The third-order valence-corrected chi connectivity index (χ3v) is 6.23. The molecular formula is C23H23N5O3S. The van der Waals surface area contributed by atoms with E-state index in [0.29, 0.717) is 27.9 Å². The molecule has 32 heavy (non-hydrogen) atoms. The smallest absolute Gasteiger partial charge is 0.251 e. The van der Waals surface area contributed by atoms with E-state index < -0.39 is 0 Å². The Morgan fingerprint density at radius 1 is 1.06 bits per heavy atom. The van der Waals surface area contributed by atoms with E-state index in [9.17, 15) is 9.59 Å². The number of nitrogens with zero attached hydrogens (tertiary/aromatic N) is 4. The largest absolute Gasteiger partial charge is 0.497 e. The van der Waals surface area contributed by atoms with Crippen molar-refractivity contribution in [2.45, 2.75) is 11.7 Å². The van der Waals surface area contributed by atoms with E-state index in [1.165, 1.54) is 11.8 Å². The molecule has 2 aromatic carbocycles. The van der Waals surface area contributed by atoms with Gasteiger partial charge in [-0.3, -0.25) is 9.59 Å². The molecule has 0 spiro atoms. The SMILES string of the molecule is COc1ccc(C(=O)NCc2nnc(SCC(=O)c3cn(C)c4ccccc34)n2C)cc1. The lowest BCUT2D eigenvalue weighted by Crippen LogP contribution is -2.24. The molecule has 0 bridgehead atoms. The van der Waals surface area contributed by atoms with Gasteiger partial charge in [0.1, 0.15) is 5.75 Å². The number of aromatic nitrogens is 4. The van der Waals surface area contributed by atoms with Gasteiger partial charge in [-0.1, -0.05) is 30.0 Å². The van der Waals surface area contributed by atoms with Crippen molar-refractivity contribution in [2.24, 2.45) is 14.1 Å². The maximum atomic E-state index is 12.8. The molecule has 0 fully saturated rings. The molecule has 1 amide bonds. The Balaban J connectivity index is 1.37. The zero-order valence-electron chi connectivity index (χ0n) is 18.0. The minimum absolute atomic E-state index is 0.0316. The molecule has 1 N–H and O–H groups in total. The molecule has 0 aliphatic heterocycles. The van der Waals surface area contributed by atoms with Gasteiger partial charge in [-0.2, -0.15) is 0 Å². The summed E-state index contributed by atoms with van der Waals surface area (Å²) in [5.41, 5.74) is 2.25. The number of hydrogen-bond donors (Lipinski definition) is 1. The van der Waals surface area contributed by atoms with Gasteiger partial charge in [-0.15, -0.1) is 10.2 Å². The quantitative estimate of drug-likeness (QED) is 0.328. The second kappa shape index (κ2) is 9.27. The van der Waals surface area contributed by atoms with Gasteiger partial charge in [0.25, 0.3) is 5.91 Å². The molecule has 164 valence electrons. The van der Waals surface area contributed by atoms with Crippen LogP contribution in [-0.2, 0) is 20.6 Å². The van der Waals surface area contributed by atoms with Crippen molar-refractivity contribution in [2.75, 3.05) is 12.9 Å². The first-order chi connectivity index (χ1) is 15.5. The number of amides is 1. The van der Waals surface area contributed by atoms with Crippen molar-refractivity contribution in [3.63, 3.8) is 0 Å². The molecule has 0 radical (unpaired) electrons. The summed E-state index contributed by atoms with van der Waals surface area (Å²) in [6.45, 7) is 0.228. The van der Waals surface area contributed by atoms with Crippen molar-refractivity contribution in [1.82, 2.24) is 24.6 Å². The standard InChI is InChI=1S/C23H23N5O3S/c1-27-13-18(17-6-4-5-7-19(17)27)20(29)14-32-23-26-25-21(28(23)2)12-24-22(30)15-8-10-16(31-3)11-9-15/h4-11,13H,12,14H2,1-3H3,(H,24,30). The first-order valence-electron chi connectivity index (χ1n) is 9.98. The summed E-state index contributed by atoms with van der Waals surface area (Å²) in [5.74, 6) is 1.36. The number of nitrogens with one attached hydrogen (secondary N) is 1. The van der Waals surface area contributed by atoms with E-state index in [-0.39, 0.29) is 24.0 Å². The number of ketones is 1. The van der Waals surface area contributed by atoms with Gasteiger partial charge in [0.15, 0.2) is 16.8 Å². The molecular weight excluding hydrogens is 426 g/mol. The average molecular weight is 450 g/mol. The van der Waals surface area contributed by atoms with Crippen LogP contribution in [0.2, 0.25) is 0 Å². The summed E-state index contributed by atoms with van der Waals surface area (Å²) in [6, 6.07) is 14.7. The van der Waals surface area contributed by atoms with Gasteiger partial charge in [-0.25, -0.2) is 0 Å². The lowest BCUT2D eigenvalue weighted by molar-refractivity contribution is 0.0948. The molecule has 2 aromatic heterocycles. The van der Waals surface area contributed by atoms with Crippen molar-refractivity contribution >= 4 is 34.4 Å². The molecule has 4 aromatic rings. The lowest BCUT2D eigenvalue weighted by atomic mass is 10.1.